The third-order valence-electron chi connectivity index (χ3n) is 4.07. The number of nitrogens with zero attached hydrogens (tertiary/aromatic N) is 1. The number of hydrogen-bond donors (Lipinski definition) is 2. The number of thioether (sulfide) groups is 1. The average Bonchev–Trinajstić information content (AvgIpc) is 2.87. The molecule has 0 unspecified atom stereocenters. The summed E-state index contributed by atoms with van der Waals surface area (Å²) in [4.78, 5) is 29.0. The number of anilines is 2. The number of halogens is 1. The number of methoxy groups -OCH3 is 1. The lowest BCUT2D eigenvalue weighted by molar-refractivity contribution is -0.139. The number of para-hydroxylation sites is 2. The number of carbonyl (C=O) groups is 2. The second kappa shape index (κ2) is 9.62. The fourth-order valence-electron chi connectivity index (χ4n) is 2.58. The summed E-state index contributed by atoms with van der Waals surface area (Å²) in [5.74, 6) is -0.519. The van der Waals surface area contributed by atoms with Crippen LogP contribution in [0.2, 0.25) is 5.02 Å². The first-order valence-corrected chi connectivity index (χ1v) is 10.2. The molecule has 0 bridgehead atoms. The van der Waals surface area contributed by atoms with E-state index in [1.165, 1.54) is 18.9 Å². The van der Waals surface area contributed by atoms with Crippen LogP contribution in [0.15, 0.2) is 65.3 Å². The van der Waals surface area contributed by atoms with E-state index in [9.17, 15) is 9.59 Å². The van der Waals surface area contributed by atoms with Crippen molar-refractivity contribution in [3.8, 4) is 0 Å². The predicted molar refractivity (Wildman–Crippen MR) is 119 cm³/mol. The van der Waals surface area contributed by atoms with Gasteiger partial charge in [-0.25, -0.2) is 4.99 Å². The number of ether oxygens (including phenoxy) is 1. The molecule has 150 valence electrons. The lowest BCUT2D eigenvalue weighted by atomic mass is 10.2. The Kier molecular flexibility index (Phi) is 6.95. The van der Waals surface area contributed by atoms with Crippen LogP contribution in [0.1, 0.15) is 13.3 Å². The van der Waals surface area contributed by atoms with Crippen LogP contribution >= 0.6 is 23.4 Å². The Labute approximate surface area is 178 Å². The Morgan fingerprint density at radius 2 is 1.93 bits per heavy atom. The van der Waals surface area contributed by atoms with E-state index < -0.39 is 5.25 Å². The van der Waals surface area contributed by atoms with Crippen LogP contribution in [0.4, 0.5) is 17.1 Å². The zero-order chi connectivity index (χ0) is 20.8. The topological polar surface area (TPSA) is 79.8 Å². The van der Waals surface area contributed by atoms with Gasteiger partial charge in [0.2, 0.25) is 5.91 Å². The largest absolute Gasteiger partial charge is 0.469 e. The third kappa shape index (κ3) is 5.85. The van der Waals surface area contributed by atoms with Gasteiger partial charge in [0.1, 0.15) is 0 Å². The van der Waals surface area contributed by atoms with E-state index in [1.54, 1.807) is 37.3 Å². The van der Waals surface area contributed by atoms with Crippen LogP contribution < -0.4 is 10.6 Å². The Morgan fingerprint density at radius 3 is 2.66 bits per heavy atom. The summed E-state index contributed by atoms with van der Waals surface area (Å²) in [6.45, 7) is 1.80. The zero-order valence-electron chi connectivity index (χ0n) is 15.9. The summed E-state index contributed by atoms with van der Waals surface area (Å²) in [7, 11) is 1.35. The second-order valence-corrected chi connectivity index (χ2v) is 8.07. The molecule has 1 amide bonds. The average molecular weight is 430 g/mol. The molecule has 0 aliphatic carbocycles. The van der Waals surface area contributed by atoms with Crippen LogP contribution in [-0.4, -0.2) is 29.3 Å². The van der Waals surface area contributed by atoms with E-state index in [0.717, 1.165) is 11.4 Å². The van der Waals surface area contributed by atoms with Gasteiger partial charge in [0.05, 0.1) is 35.2 Å². The van der Waals surface area contributed by atoms with Gasteiger partial charge in [0.15, 0.2) is 0 Å². The van der Waals surface area contributed by atoms with E-state index in [4.69, 9.17) is 16.3 Å². The summed E-state index contributed by atoms with van der Waals surface area (Å²) < 4.78 is 4.77. The highest BCUT2D eigenvalue weighted by molar-refractivity contribution is 8.15. The number of rotatable bonds is 5. The lowest BCUT2D eigenvalue weighted by Crippen LogP contribution is -2.23. The highest BCUT2D eigenvalue weighted by Gasteiger charge is 2.19. The standard InChI is InChI=1S/C21H20ClN3O3S/c1-13(21(27)24-15-9-7-14(22)8-10-15)29-19-11-16(12-20(26)28-2)23-17-5-3-4-6-18(17)25-19/h3-11,13,23H,12H2,1-2H3,(H,24,27)/t13-/m1/s1. The minimum absolute atomic E-state index is 0.0791. The van der Waals surface area contributed by atoms with E-state index >= 15 is 0 Å². The minimum Gasteiger partial charge on any atom is -0.469 e. The number of hydrogen-bond acceptors (Lipinski definition) is 6. The number of fused-ring (bicyclic) bond motifs is 1. The molecule has 2 aromatic rings. The van der Waals surface area contributed by atoms with Gasteiger partial charge in [-0.3, -0.25) is 9.59 Å². The summed E-state index contributed by atoms with van der Waals surface area (Å²) in [6, 6.07) is 14.4. The fraction of sp³-hybridized carbons (Fsp3) is 0.190. The van der Waals surface area contributed by atoms with E-state index in [-0.39, 0.29) is 18.3 Å². The van der Waals surface area contributed by atoms with Gasteiger partial charge in [-0.15, -0.1) is 0 Å². The van der Waals surface area contributed by atoms with Gasteiger partial charge >= 0.3 is 5.97 Å². The molecule has 0 saturated heterocycles. The normalized spacial score (nSPS) is 13.8. The highest BCUT2D eigenvalue weighted by Crippen LogP contribution is 2.32. The molecule has 2 aromatic carbocycles. The van der Waals surface area contributed by atoms with Crippen molar-refractivity contribution in [3.05, 3.63) is 65.3 Å². The molecule has 2 N–H and O–H groups in total. The molecule has 0 radical (unpaired) electrons. The molecule has 0 aromatic heterocycles. The maximum Gasteiger partial charge on any atom is 0.311 e. The quantitative estimate of drug-likeness (QED) is 0.653. The number of esters is 1. The van der Waals surface area contributed by atoms with E-state index in [0.29, 0.717) is 21.5 Å². The molecule has 8 heteroatoms. The highest BCUT2D eigenvalue weighted by atomic mass is 35.5. The first-order valence-electron chi connectivity index (χ1n) is 8.90. The van der Waals surface area contributed by atoms with Gasteiger partial charge < -0.3 is 15.4 Å². The van der Waals surface area contributed by atoms with Crippen LogP contribution in [0, 0.1) is 0 Å². The zero-order valence-corrected chi connectivity index (χ0v) is 17.5. The SMILES string of the molecule is COC(=O)CC1=CC(S[C@H](C)C(=O)Nc2ccc(Cl)cc2)=Nc2ccccc2N1. The summed E-state index contributed by atoms with van der Waals surface area (Å²) in [5.41, 5.74) is 2.84. The number of aliphatic imine (C=N–C) groups is 1. The van der Waals surface area contributed by atoms with Gasteiger partial charge in [-0.1, -0.05) is 35.5 Å². The van der Waals surface area contributed by atoms with Crippen LogP contribution in [0.25, 0.3) is 0 Å². The summed E-state index contributed by atoms with van der Waals surface area (Å²) in [6.07, 6.45) is 1.85. The van der Waals surface area contributed by atoms with Crippen molar-refractivity contribution >= 4 is 57.3 Å². The van der Waals surface area contributed by atoms with Crippen molar-refractivity contribution in [2.24, 2.45) is 4.99 Å². The molecule has 3 rings (SSSR count). The smallest absolute Gasteiger partial charge is 0.311 e. The molecule has 0 saturated carbocycles. The maximum atomic E-state index is 12.6. The Hall–Kier alpha value is -2.77. The molecular weight excluding hydrogens is 410 g/mol. The van der Waals surface area contributed by atoms with Crippen molar-refractivity contribution in [3.63, 3.8) is 0 Å². The molecule has 0 fully saturated rings. The van der Waals surface area contributed by atoms with Crippen LogP contribution in [0.3, 0.4) is 0 Å². The van der Waals surface area contributed by atoms with Crippen LogP contribution in [0.5, 0.6) is 0 Å². The maximum absolute atomic E-state index is 12.6. The lowest BCUT2D eigenvalue weighted by Gasteiger charge is -2.12. The Balaban J connectivity index is 1.77. The van der Waals surface area contributed by atoms with Gasteiger partial charge in [0, 0.05) is 16.4 Å². The van der Waals surface area contributed by atoms with Crippen LogP contribution in [-0.2, 0) is 14.3 Å². The number of amides is 1. The predicted octanol–water partition coefficient (Wildman–Crippen LogP) is 5.00. The summed E-state index contributed by atoms with van der Waals surface area (Å²) >= 11 is 7.19. The molecule has 29 heavy (non-hydrogen) atoms. The van der Waals surface area contributed by atoms with E-state index in [1.807, 2.05) is 24.3 Å². The molecule has 6 nitrogen and oxygen atoms in total. The van der Waals surface area contributed by atoms with E-state index in [2.05, 4.69) is 15.6 Å². The molecule has 1 aliphatic heterocycles. The van der Waals surface area contributed by atoms with Crippen molar-refractivity contribution in [2.45, 2.75) is 18.6 Å². The van der Waals surface area contributed by atoms with Crippen molar-refractivity contribution in [2.75, 3.05) is 17.7 Å². The van der Waals surface area contributed by atoms with Gasteiger partial charge in [0.25, 0.3) is 0 Å². The monoisotopic (exact) mass is 429 g/mol. The molecule has 0 spiro atoms. The number of carbonyl (C=O) groups excluding carboxylic acids is 2. The molecule has 1 heterocycles. The van der Waals surface area contributed by atoms with Gasteiger partial charge in [-0.2, -0.15) is 0 Å². The molecular formula is C21H20ClN3O3S. The molecule has 1 atom stereocenters. The first kappa shape index (κ1) is 21.0. The Bertz CT molecular complexity index is 973. The Morgan fingerprint density at radius 1 is 1.21 bits per heavy atom. The van der Waals surface area contributed by atoms with Gasteiger partial charge in [-0.05, 0) is 49.4 Å². The van der Waals surface area contributed by atoms with Crippen molar-refractivity contribution < 1.29 is 14.3 Å². The number of nitrogens with one attached hydrogen (secondary N) is 2. The first-order chi connectivity index (χ1) is 13.9. The third-order valence-corrected chi connectivity index (χ3v) is 5.34. The van der Waals surface area contributed by atoms with Crippen molar-refractivity contribution in [1.29, 1.82) is 0 Å². The minimum atomic E-state index is -0.412. The second-order valence-electron chi connectivity index (χ2n) is 6.27. The molecule has 1 aliphatic rings. The van der Waals surface area contributed by atoms with Crippen molar-refractivity contribution in [1.82, 2.24) is 0 Å². The number of benzene rings is 2. The summed E-state index contributed by atoms with van der Waals surface area (Å²) in [5, 5.41) is 6.90. The fourth-order valence-corrected chi connectivity index (χ4v) is 3.60.